The summed E-state index contributed by atoms with van der Waals surface area (Å²) in [5, 5.41) is 4.25. The third-order valence-corrected chi connectivity index (χ3v) is 5.90. The van der Waals surface area contributed by atoms with E-state index in [-0.39, 0.29) is 24.3 Å². The maximum absolute atomic E-state index is 13.6. The minimum atomic E-state index is -4.54. The van der Waals surface area contributed by atoms with Crippen molar-refractivity contribution in [3.63, 3.8) is 0 Å². The van der Waals surface area contributed by atoms with Crippen LogP contribution in [0.4, 0.5) is 13.2 Å². The minimum Gasteiger partial charge on any atom is -0.454 e. The zero-order valence-electron chi connectivity index (χ0n) is 17.4. The average Bonchev–Trinajstić information content (AvgIpc) is 3.43. The number of ether oxygens (including phenoxy) is 2. The lowest BCUT2D eigenvalue weighted by Gasteiger charge is -2.32. The average molecular weight is 446 g/mol. The molecule has 2 aliphatic rings. The first-order chi connectivity index (χ1) is 15.3. The van der Waals surface area contributed by atoms with Gasteiger partial charge < -0.3 is 14.4 Å². The molecule has 1 atom stereocenters. The van der Waals surface area contributed by atoms with Crippen molar-refractivity contribution in [1.82, 2.24) is 19.5 Å². The van der Waals surface area contributed by atoms with Crippen LogP contribution in [0.3, 0.4) is 0 Å². The number of benzene rings is 1. The molecule has 2 aromatic heterocycles. The molecule has 10 heteroatoms. The number of hydrogen-bond donors (Lipinski definition) is 0. The first-order valence-electron chi connectivity index (χ1n) is 10.5. The van der Waals surface area contributed by atoms with Gasteiger partial charge in [0, 0.05) is 36.3 Å². The van der Waals surface area contributed by atoms with Crippen molar-refractivity contribution in [3.8, 4) is 11.5 Å². The van der Waals surface area contributed by atoms with Gasteiger partial charge in [-0.25, -0.2) is 9.50 Å². The van der Waals surface area contributed by atoms with Gasteiger partial charge in [-0.05, 0) is 43.5 Å². The monoisotopic (exact) mass is 446 g/mol. The van der Waals surface area contributed by atoms with Crippen LogP contribution in [-0.4, -0.2) is 45.3 Å². The molecule has 7 nitrogen and oxygen atoms in total. The van der Waals surface area contributed by atoms with Gasteiger partial charge in [0.05, 0.1) is 5.69 Å². The van der Waals surface area contributed by atoms with Crippen molar-refractivity contribution in [1.29, 1.82) is 0 Å². The van der Waals surface area contributed by atoms with Crippen molar-refractivity contribution < 1.29 is 27.4 Å². The number of fused-ring (bicyclic) bond motifs is 2. The van der Waals surface area contributed by atoms with Crippen molar-refractivity contribution in [2.24, 2.45) is 0 Å². The summed E-state index contributed by atoms with van der Waals surface area (Å²) < 4.78 is 52.2. The molecule has 5 rings (SSSR count). The highest BCUT2D eigenvalue weighted by Gasteiger charge is 2.36. The Bertz CT molecular complexity index is 1190. The highest BCUT2D eigenvalue weighted by molar-refractivity contribution is 5.95. The van der Waals surface area contributed by atoms with Crippen LogP contribution >= 0.6 is 0 Å². The van der Waals surface area contributed by atoms with Crippen LogP contribution in [0.15, 0.2) is 30.3 Å². The Morgan fingerprint density at radius 1 is 1.19 bits per heavy atom. The number of rotatable bonds is 3. The molecular formula is C22H21F3N4O3. The largest absolute Gasteiger partial charge is 0.454 e. The molecule has 0 unspecified atom stereocenters. The number of likely N-dealkylation sites (tertiary alicyclic amines) is 1. The smallest absolute Gasteiger partial charge is 0.433 e. The standard InChI is InChI=1S/C22H21F3N4O3/c1-2-15-9-19(22(23,24)25)29-20(26-15)10-16(27-29)14-4-3-7-28(11-14)21(30)13-5-6-17-18(8-13)32-12-31-17/h5-6,8-10,14H,2-4,7,11-12H2,1H3/t14-/m1/s1. The predicted octanol–water partition coefficient (Wildman–Crippen LogP) is 4.06. The first-order valence-corrected chi connectivity index (χ1v) is 10.5. The molecule has 168 valence electrons. The summed E-state index contributed by atoms with van der Waals surface area (Å²) in [5.41, 5.74) is 0.693. The molecule has 0 bridgehead atoms. The SMILES string of the molecule is CCc1cc(C(F)(F)F)n2nc([C@@H]3CCCN(C(=O)c4ccc5c(c4)OCO5)C3)cc2n1. The fourth-order valence-electron chi connectivity index (χ4n) is 4.24. The molecule has 3 aromatic rings. The molecule has 1 amide bonds. The fourth-order valence-corrected chi connectivity index (χ4v) is 4.24. The van der Waals surface area contributed by atoms with E-state index in [4.69, 9.17) is 9.47 Å². The number of aromatic nitrogens is 3. The topological polar surface area (TPSA) is 69.0 Å². The molecule has 0 aliphatic carbocycles. The molecule has 1 fully saturated rings. The van der Waals surface area contributed by atoms with Crippen molar-refractivity contribution in [2.75, 3.05) is 19.9 Å². The summed E-state index contributed by atoms with van der Waals surface area (Å²) in [6, 6.07) is 7.70. The lowest BCUT2D eigenvalue weighted by atomic mass is 9.94. The highest BCUT2D eigenvalue weighted by Crippen LogP contribution is 2.35. The molecule has 0 spiro atoms. The number of hydrogen-bond acceptors (Lipinski definition) is 5. The van der Waals surface area contributed by atoms with Gasteiger partial charge >= 0.3 is 6.18 Å². The van der Waals surface area contributed by atoms with Gasteiger partial charge in [-0.3, -0.25) is 4.79 Å². The number of alkyl halides is 3. The number of carbonyl (C=O) groups excluding carboxylic acids is 1. The summed E-state index contributed by atoms with van der Waals surface area (Å²) in [6.45, 7) is 2.83. The maximum atomic E-state index is 13.6. The van der Waals surface area contributed by atoms with Crippen molar-refractivity contribution in [2.45, 2.75) is 38.3 Å². The van der Waals surface area contributed by atoms with Crippen LogP contribution in [0.25, 0.3) is 5.65 Å². The van der Waals surface area contributed by atoms with Crippen LogP contribution in [-0.2, 0) is 12.6 Å². The Morgan fingerprint density at radius 2 is 2.00 bits per heavy atom. The predicted molar refractivity (Wildman–Crippen MR) is 108 cm³/mol. The van der Waals surface area contributed by atoms with E-state index in [2.05, 4.69) is 10.1 Å². The second-order valence-corrected chi connectivity index (χ2v) is 7.98. The Balaban J connectivity index is 1.42. The van der Waals surface area contributed by atoms with E-state index in [0.29, 0.717) is 48.0 Å². The fraction of sp³-hybridized carbons (Fsp3) is 0.409. The van der Waals surface area contributed by atoms with Crippen LogP contribution in [0, 0.1) is 0 Å². The van der Waals surface area contributed by atoms with Crippen LogP contribution < -0.4 is 9.47 Å². The molecule has 32 heavy (non-hydrogen) atoms. The van der Waals surface area contributed by atoms with Crippen molar-refractivity contribution in [3.05, 3.63) is 53.0 Å². The van der Waals surface area contributed by atoms with E-state index >= 15 is 0 Å². The van der Waals surface area contributed by atoms with E-state index in [1.54, 1.807) is 36.1 Å². The van der Waals surface area contributed by atoms with E-state index in [9.17, 15) is 18.0 Å². The summed E-state index contributed by atoms with van der Waals surface area (Å²) in [5.74, 6) is 0.804. The van der Waals surface area contributed by atoms with Gasteiger partial charge in [0.15, 0.2) is 17.1 Å². The zero-order valence-corrected chi connectivity index (χ0v) is 17.4. The van der Waals surface area contributed by atoms with Crippen LogP contribution in [0.2, 0.25) is 0 Å². The third-order valence-electron chi connectivity index (χ3n) is 5.90. The second-order valence-electron chi connectivity index (χ2n) is 7.98. The number of piperidine rings is 1. The number of nitrogens with zero attached hydrogens (tertiary/aromatic N) is 4. The van der Waals surface area contributed by atoms with E-state index < -0.39 is 11.9 Å². The van der Waals surface area contributed by atoms with Gasteiger partial charge in [-0.2, -0.15) is 18.3 Å². The number of halogens is 3. The van der Waals surface area contributed by atoms with Gasteiger partial charge in [0.25, 0.3) is 5.91 Å². The summed E-state index contributed by atoms with van der Waals surface area (Å²) in [6.07, 6.45) is -2.69. The van der Waals surface area contributed by atoms with Gasteiger partial charge in [0.2, 0.25) is 6.79 Å². The normalized spacial score (nSPS) is 18.4. The Hall–Kier alpha value is -3.30. The first kappa shape index (κ1) is 20.6. The molecule has 1 aromatic carbocycles. The van der Waals surface area contributed by atoms with Crippen LogP contribution in [0.1, 0.15) is 53.1 Å². The lowest BCUT2D eigenvalue weighted by molar-refractivity contribution is -0.142. The molecule has 0 radical (unpaired) electrons. The molecule has 2 aliphatic heterocycles. The summed E-state index contributed by atoms with van der Waals surface area (Å²) >= 11 is 0. The number of aryl methyl sites for hydroxylation is 1. The molecule has 0 saturated carbocycles. The van der Waals surface area contributed by atoms with Gasteiger partial charge in [0.1, 0.15) is 5.69 Å². The molecule has 4 heterocycles. The quantitative estimate of drug-likeness (QED) is 0.607. The van der Waals surface area contributed by atoms with Gasteiger partial charge in [-0.15, -0.1) is 0 Å². The van der Waals surface area contributed by atoms with E-state index in [1.807, 2.05) is 0 Å². The maximum Gasteiger partial charge on any atom is 0.433 e. The summed E-state index contributed by atoms with van der Waals surface area (Å²) in [4.78, 5) is 19.1. The zero-order chi connectivity index (χ0) is 22.5. The third kappa shape index (κ3) is 3.63. The number of carbonyl (C=O) groups is 1. The van der Waals surface area contributed by atoms with Crippen molar-refractivity contribution >= 4 is 11.6 Å². The Kier molecular flexibility index (Phi) is 4.94. The summed E-state index contributed by atoms with van der Waals surface area (Å²) in [7, 11) is 0. The second kappa shape index (κ2) is 7.68. The van der Waals surface area contributed by atoms with E-state index in [1.165, 1.54) is 0 Å². The molecular weight excluding hydrogens is 425 g/mol. The van der Waals surface area contributed by atoms with Crippen LogP contribution in [0.5, 0.6) is 11.5 Å². The molecule has 1 saturated heterocycles. The lowest BCUT2D eigenvalue weighted by Crippen LogP contribution is -2.39. The van der Waals surface area contributed by atoms with E-state index in [0.717, 1.165) is 23.4 Å². The highest BCUT2D eigenvalue weighted by atomic mass is 19.4. The number of amides is 1. The Morgan fingerprint density at radius 3 is 2.78 bits per heavy atom. The Labute approximate surface area is 181 Å². The molecule has 0 N–H and O–H groups in total. The minimum absolute atomic E-state index is 0.125. The van der Waals surface area contributed by atoms with Gasteiger partial charge in [-0.1, -0.05) is 6.92 Å².